The summed E-state index contributed by atoms with van der Waals surface area (Å²) in [5, 5.41) is 0. The summed E-state index contributed by atoms with van der Waals surface area (Å²) in [6.07, 6.45) is 0. The molecule has 0 heterocycles. The molecule has 0 fully saturated rings. The Bertz CT molecular complexity index is 356. The highest BCUT2D eigenvalue weighted by atomic mass is 79.9. The molecule has 6 heteroatoms. The van der Waals surface area contributed by atoms with Gasteiger partial charge < -0.3 is 5.73 Å². The first-order valence-corrected chi connectivity index (χ1v) is 4.11. The highest BCUT2D eigenvalue weighted by Crippen LogP contribution is 2.22. The van der Waals surface area contributed by atoms with Crippen LogP contribution in [0.4, 0.5) is 10.1 Å². The van der Waals surface area contributed by atoms with E-state index in [4.69, 9.17) is 11.6 Å². The molecule has 13 heavy (non-hydrogen) atoms. The van der Waals surface area contributed by atoms with Crippen LogP contribution in [0.3, 0.4) is 0 Å². The van der Waals surface area contributed by atoms with E-state index < -0.39 is 11.7 Å². The van der Waals surface area contributed by atoms with Crippen molar-refractivity contribution in [3.05, 3.63) is 28.0 Å². The van der Waals surface area contributed by atoms with E-state index in [1.54, 1.807) is 0 Å². The van der Waals surface area contributed by atoms with Crippen molar-refractivity contribution < 1.29 is 9.18 Å². The second-order valence-corrected chi connectivity index (χ2v) is 3.24. The van der Waals surface area contributed by atoms with E-state index >= 15 is 0 Å². The van der Waals surface area contributed by atoms with E-state index in [1.165, 1.54) is 12.1 Å². The summed E-state index contributed by atoms with van der Waals surface area (Å²) < 4.78 is 13.4. The molecule has 0 aliphatic carbocycles. The second kappa shape index (κ2) is 3.71. The van der Waals surface area contributed by atoms with E-state index in [0.29, 0.717) is 4.47 Å². The first-order valence-electron chi connectivity index (χ1n) is 3.31. The number of nitrogen functional groups attached to an aromatic ring is 2. The van der Waals surface area contributed by atoms with Gasteiger partial charge in [0.05, 0.1) is 11.3 Å². The summed E-state index contributed by atoms with van der Waals surface area (Å²) >= 11 is 3.03. The Hall–Kier alpha value is -1.14. The number of carbonyl (C=O) groups excluding carboxylic acids is 1. The molecule has 0 aliphatic rings. The third-order valence-corrected chi connectivity index (χ3v) is 1.93. The zero-order chi connectivity index (χ0) is 10.0. The van der Waals surface area contributed by atoms with Crippen LogP contribution >= 0.6 is 15.9 Å². The van der Waals surface area contributed by atoms with Crippen molar-refractivity contribution in [1.29, 1.82) is 0 Å². The lowest BCUT2D eigenvalue weighted by molar-refractivity contribution is 0.0954. The van der Waals surface area contributed by atoms with Crippen molar-refractivity contribution in [3.8, 4) is 0 Å². The fourth-order valence-electron chi connectivity index (χ4n) is 0.850. The van der Waals surface area contributed by atoms with Crippen molar-refractivity contribution in [2.75, 3.05) is 5.73 Å². The zero-order valence-electron chi connectivity index (χ0n) is 6.47. The molecule has 0 radical (unpaired) electrons. The number of carbonyl (C=O) groups is 1. The molecule has 0 spiro atoms. The predicted molar refractivity (Wildman–Crippen MR) is 50.2 cm³/mol. The fraction of sp³-hybridized carbons (Fsp3) is 0. The van der Waals surface area contributed by atoms with Gasteiger partial charge in [0.2, 0.25) is 0 Å². The first-order chi connectivity index (χ1) is 6.06. The van der Waals surface area contributed by atoms with Crippen LogP contribution in [-0.2, 0) is 0 Å². The number of amides is 1. The van der Waals surface area contributed by atoms with Crippen molar-refractivity contribution in [2.45, 2.75) is 0 Å². The largest absolute Gasteiger partial charge is 0.396 e. The van der Waals surface area contributed by atoms with E-state index in [0.717, 1.165) is 0 Å². The van der Waals surface area contributed by atoms with Gasteiger partial charge in [-0.25, -0.2) is 10.2 Å². The lowest BCUT2D eigenvalue weighted by Gasteiger charge is -2.05. The third-order valence-electron chi connectivity index (χ3n) is 1.47. The SMILES string of the molecule is NNC(=O)c1cc(Br)cc(F)c1N. The lowest BCUT2D eigenvalue weighted by atomic mass is 10.1. The lowest BCUT2D eigenvalue weighted by Crippen LogP contribution is -2.30. The molecule has 0 saturated heterocycles. The van der Waals surface area contributed by atoms with Crippen LogP contribution in [0.2, 0.25) is 0 Å². The van der Waals surface area contributed by atoms with Crippen LogP contribution in [0.5, 0.6) is 0 Å². The molecule has 0 aliphatic heterocycles. The Morgan fingerprint density at radius 3 is 2.69 bits per heavy atom. The molecule has 1 amide bonds. The van der Waals surface area contributed by atoms with Gasteiger partial charge in [0.1, 0.15) is 5.82 Å². The van der Waals surface area contributed by atoms with Crippen LogP contribution in [-0.4, -0.2) is 5.91 Å². The number of nitrogens with one attached hydrogen (secondary N) is 1. The molecule has 0 bridgehead atoms. The molecule has 0 aromatic heterocycles. The number of hydrogen-bond donors (Lipinski definition) is 3. The summed E-state index contributed by atoms with van der Waals surface area (Å²) in [7, 11) is 0. The summed E-state index contributed by atoms with van der Waals surface area (Å²) in [5.74, 6) is 3.59. The van der Waals surface area contributed by atoms with Crippen LogP contribution in [0, 0.1) is 5.82 Å². The second-order valence-electron chi connectivity index (χ2n) is 2.32. The van der Waals surface area contributed by atoms with Crippen LogP contribution in [0.15, 0.2) is 16.6 Å². The quantitative estimate of drug-likeness (QED) is 0.297. The minimum absolute atomic E-state index is 0.00868. The average molecular weight is 248 g/mol. The van der Waals surface area contributed by atoms with E-state index in [9.17, 15) is 9.18 Å². The van der Waals surface area contributed by atoms with Crippen molar-refractivity contribution in [1.82, 2.24) is 5.43 Å². The fourth-order valence-corrected chi connectivity index (χ4v) is 1.28. The van der Waals surface area contributed by atoms with E-state index in [1.807, 2.05) is 5.43 Å². The molecule has 1 aromatic carbocycles. The van der Waals surface area contributed by atoms with Gasteiger partial charge in [-0.1, -0.05) is 15.9 Å². The predicted octanol–water partition coefficient (Wildman–Crippen LogP) is 0.774. The number of hydrogen-bond acceptors (Lipinski definition) is 3. The Morgan fingerprint density at radius 2 is 2.15 bits per heavy atom. The molecule has 70 valence electrons. The number of benzene rings is 1. The maximum atomic E-state index is 13.0. The topological polar surface area (TPSA) is 81.1 Å². The van der Waals surface area contributed by atoms with Gasteiger partial charge in [-0.15, -0.1) is 0 Å². The maximum Gasteiger partial charge on any atom is 0.267 e. The summed E-state index contributed by atoms with van der Waals surface area (Å²) in [5.41, 5.74) is 6.98. The highest BCUT2D eigenvalue weighted by molar-refractivity contribution is 9.10. The number of hydrazine groups is 1. The molecular formula is C7H7BrFN3O. The normalized spacial score (nSPS) is 9.77. The van der Waals surface area contributed by atoms with Gasteiger partial charge in [-0.2, -0.15) is 0 Å². The third kappa shape index (κ3) is 1.96. The summed E-state index contributed by atoms with van der Waals surface area (Å²) in [6, 6.07) is 2.56. The maximum absolute atomic E-state index is 13.0. The zero-order valence-corrected chi connectivity index (χ0v) is 8.06. The number of rotatable bonds is 1. The van der Waals surface area contributed by atoms with Crippen LogP contribution < -0.4 is 17.0 Å². The molecule has 4 nitrogen and oxygen atoms in total. The monoisotopic (exact) mass is 247 g/mol. The molecule has 1 aromatic rings. The molecule has 5 N–H and O–H groups in total. The number of halogens is 2. The standard InChI is InChI=1S/C7H7BrFN3O/c8-3-1-4(7(13)12-11)6(10)5(9)2-3/h1-2H,10-11H2,(H,12,13). The molecule has 1 rings (SSSR count). The molecular weight excluding hydrogens is 241 g/mol. The van der Waals surface area contributed by atoms with Crippen LogP contribution in [0.25, 0.3) is 0 Å². The van der Waals surface area contributed by atoms with Crippen LogP contribution in [0.1, 0.15) is 10.4 Å². The molecule has 0 saturated carbocycles. The van der Waals surface area contributed by atoms with Gasteiger partial charge in [-0.3, -0.25) is 10.2 Å². The van der Waals surface area contributed by atoms with Gasteiger partial charge >= 0.3 is 0 Å². The van der Waals surface area contributed by atoms with Gasteiger partial charge in [0.15, 0.2) is 0 Å². The van der Waals surface area contributed by atoms with Gasteiger partial charge in [-0.05, 0) is 12.1 Å². The molecule has 0 unspecified atom stereocenters. The van der Waals surface area contributed by atoms with Gasteiger partial charge in [0, 0.05) is 4.47 Å². The number of nitrogens with two attached hydrogens (primary N) is 2. The Balaban J connectivity index is 3.28. The van der Waals surface area contributed by atoms with E-state index in [2.05, 4.69) is 15.9 Å². The van der Waals surface area contributed by atoms with E-state index in [-0.39, 0.29) is 11.3 Å². The minimum Gasteiger partial charge on any atom is -0.396 e. The van der Waals surface area contributed by atoms with Gasteiger partial charge in [0.25, 0.3) is 5.91 Å². The molecule has 0 atom stereocenters. The van der Waals surface area contributed by atoms with Crippen molar-refractivity contribution in [2.24, 2.45) is 5.84 Å². The number of anilines is 1. The smallest absolute Gasteiger partial charge is 0.267 e. The highest BCUT2D eigenvalue weighted by Gasteiger charge is 2.12. The Morgan fingerprint density at radius 1 is 1.54 bits per heavy atom. The Kier molecular flexibility index (Phi) is 2.84. The Labute approximate surface area is 82.2 Å². The van der Waals surface area contributed by atoms with Crippen molar-refractivity contribution in [3.63, 3.8) is 0 Å². The summed E-state index contributed by atoms with van der Waals surface area (Å²) in [4.78, 5) is 11.0. The van der Waals surface area contributed by atoms with Crippen molar-refractivity contribution >= 4 is 27.5 Å². The average Bonchev–Trinajstić information content (AvgIpc) is 2.10. The first kappa shape index (κ1) is 9.94. The minimum atomic E-state index is -0.659. The summed E-state index contributed by atoms with van der Waals surface area (Å²) in [6.45, 7) is 0.